The predicted molar refractivity (Wildman–Crippen MR) is 74.6 cm³/mol. The van der Waals surface area contributed by atoms with Gasteiger partial charge in [-0.2, -0.15) is 0 Å². The van der Waals surface area contributed by atoms with E-state index in [2.05, 4.69) is 10.1 Å². The second kappa shape index (κ2) is 6.22. The van der Waals surface area contributed by atoms with E-state index in [1.165, 1.54) is 7.11 Å². The van der Waals surface area contributed by atoms with Crippen LogP contribution in [0.2, 0.25) is 0 Å². The Bertz CT molecular complexity index is 416. The molecule has 0 aliphatic carbocycles. The summed E-state index contributed by atoms with van der Waals surface area (Å²) in [6.07, 6.45) is 0.732. The SMILES string of the molecule is COC(=O)C1CS(=O)(=O)C(C(C)C)C(CC(C)C)N1. The number of carbonyl (C=O) groups is 1. The van der Waals surface area contributed by atoms with E-state index in [-0.39, 0.29) is 17.7 Å². The van der Waals surface area contributed by atoms with Crippen LogP contribution >= 0.6 is 0 Å². The van der Waals surface area contributed by atoms with Crippen molar-refractivity contribution in [1.29, 1.82) is 0 Å². The first kappa shape index (κ1) is 16.4. The zero-order chi connectivity index (χ0) is 14.8. The molecule has 0 radical (unpaired) electrons. The number of carbonyl (C=O) groups excluding carboxylic acids is 1. The molecule has 5 nitrogen and oxygen atoms in total. The average Bonchev–Trinajstić information content (AvgIpc) is 2.24. The van der Waals surface area contributed by atoms with Crippen LogP contribution in [0.1, 0.15) is 34.1 Å². The minimum absolute atomic E-state index is 0.0276. The monoisotopic (exact) mass is 291 g/mol. The summed E-state index contributed by atoms with van der Waals surface area (Å²) in [7, 11) is -2.00. The van der Waals surface area contributed by atoms with E-state index in [1.807, 2.05) is 27.7 Å². The minimum atomic E-state index is -3.29. The lowest BCUT2D eigenvalue weighted by Crippen LogP contribution is -2.61. The number of ether oxygens (including phenoxy) is 1. The Morgan fingerprint density at radius 2 is 1.89 bits per heavy atom. The number of hydrogen-bond acceptors (Lipinski definition) is 5. The Hall–Kier alpha value is -0.620. The summed E-state index contributed by atoms with van der Waals surface area (Å²) in [5.74, 6) is -0.276. The quantitative estimate of drug-likeness (QED) is 0.782. The van der Waals surface area contributed by atoms with Crippen molar-refractivity contribution in [2.45, 2.75) is 51.4 Å². The molecule has 0 aromatic rings. The lowest BCUT2D eigenvalue weighted by molar-refractivity contribution is -0.143. The highest BCUT2D eigenvalue weighted by Gasteiger charge is 2.45. The fourth-order valence-electron chi connectivity index (χ4n) is 2.86. The fraction of sp³-hybridized carbons (Fsp3) is 0.923. The molecule has 3 unspecified atom stereocenters. The zero-order valence-corrected chi connectivity index (χ0v) is 13.2. The van der Waals surface area contributed by atoms with Gasteiger partial charge < -0.3 is 4.74 Å². The van der Waals surface area contributed by atoms with Crippen molar-refractivity contribution in [2.24, 2.45) is 11.8 Å². The standard InChI is InChI=1S/C13H25NO4S/c1-8(2)6-10-12(9(3)4)19(16,17)7-11(14-10)13(15)18-5/h8-12,14H,6-7H2,1-5H3. The summed E-state index contributed by atoms with van der Waals surface area (Å²) in [4.78, 5) is 11.6. The first-order chi connectivity index (χ1) is 8.69. The topological polar surface area (TPSA) is 72.5 Å². The average molecular weight is 291 g/mol. The number of hydrogen-bond donors (Lipinski definition) is 1. The van der Waals surface area contributed by atoms with E-state index >= 15 is 0 Å². The number of rotatable bonds is 4. The van der Waals surface area contributed by atoms with Crippen LogP contribution in [0.5, 0.6) is 0 Å². The molecular weight excluding hydrogens is 266 g/mol. The van der Waals surface area contributed by atoms with Crippen molar-refractivity contribution in [1.82, 2.24) is 5.32 Å². The number of esters is 1. The maximum atomic E-state index is 12.4. The van der Waals surface area contributed by atoms with Gasteiger partial charge in [-0.3, -0.25) is 10.1 Å². The summed E-state index contributed by atoms with van der Waals surface area (Å²) in [5, 5.41) is 2.73. The highest BCUT2D eigenvalue weighted by molar-refractivity contribution is 7.92. The molecule has 1 saturated heterocycles. The van der Waals surface area contributed by atoms with Gasteiger partial charge in [-0.05, 0) is 18.3 Å². The molecule has 1 fully saturated rings. The molecule has 1 aliphatic rings. The number of sulfone groups is 1. The van der Waals surface area contributed by atoms with E-state index in [0.717, 1.165) is 6.42 Å². The summed E-state index contributed by atoms with van der Waals surface area (Å²) in [6, 6.07) is -0.934. The molecular formula is C13H25NO4S. The third kappa shape index (κ3) is 3.92. The molecule has 112 valence electrons. The highest BCUT2D eigenvalue weighted by Crippen LogP contribution is 2.26. The number of nitrogens with one attached hydrogen (secondary N) is 1. The van der Waals surface area contributed by atoms with Gasteiger partial charge in [0.25, 0.3) is 0 Å². The summed E-state index contributed by atoms with van der Waals surface area (Å²) in [5.41, 5.74) is 0. The Morgan fingerprint density at radius 3 is 2.32 bits per heavy atom. The van der Waals surface area contributed by atoms with E-state index < -0.39 is 27.1 Å². The molecule has 6 heteroatoms. The molecule has 1 heterocycles. The van der Waals surface area contributed by atoms with Crippen molar-refractivity contribution in [2.75, 3.05) is 12.9 Å². The molecule has 1 N–H and O–H groups in total. The van der Waals surface area contributed by atoms with E-state index in [0.29, 0.717) is 5.92 Å². The van der Waals surface area contributed by atoms with Gasteiger partial charge in [0.1, 0.15) is 6.04 Å². The van der Waals surface area contributed by atoms with Gasteiger partial charge in [-0.1, -0.05) is 27.7 Å². The summed E-state index contributed by atoms with van der Waals surface area (Å²) >= 11 is 0. The first-order valence-corrected chi connectivity index (χ1v) is 8.46. The maximum absolute atomic E-state index is 12.4. The van der Waals surface area contributed by atoms with Crippen molar-refractivity contribution in [3.63, 3.8) is 0 Å². The lowest BCUT2D eigenvalue weighted by Gasteiger charge is -2.38. The molecule has 1 aliphatic heterocycles. The van der Waals surface area contributed by atoms with E-state index in [4.69, 9.17) is 0 Å². The summed E-state index contributed by atoms with van der Waals surface area (Å²) in [6.45, 7) is 7.92. The van der Waals surface area contributed by atoms with Gasteiger partial charge in [-0.25, -0.2) is 8.42 Å². The van der Waals surface area contributed by atoms with Crippen LogP contribution in [0.25, 0.3) is 0 Å². The van der Waals surface area contributed by atoms with Gasteiger partial charge in [0.2, 0.25) is 0 Å². The predicted octanol–water partition coefficient (Wildman–Crippen LogP) is 0.985. The van der Waals surface area contributed by atoms with E-state index in [9.17, 15) is 13.2 Å². The third-order valence-electron chi connectivity index (χ3n) is 3.49. The smallest absolute Gasteiger partial charge is 0.323 e. The van der Waals surface area contributed by atoms with Crippen molar-refractivity contribution >= 4 is 15.8 Å². The Kier molecular flexibility index (Phi) is 5.38. The normalized spacial score (nSPS) is 30.6. The molecule has 0 spiro atoms. The van der Waals surface area contributed by atoms with Crippen molar-refractivity contribution < 1.29 is 17.9 Å². The molecule has 3 atom stereocenters. The van der Waals surface area contributed by atoms with Gasteiger partial charge >= 0.3 is 5.97 Å². The number of methoxy groups -OCH3 is 1. The minimum Gasteiger partial charge on any atom is -0.468 e. The second-order valence-corrected chi connectivity index (χ2v) is 8.22. The van der Waals surface area contributed by atoms with Gasteiger partial charge in [0.15, 0.2) is 9.84 Å². The summed E-state index contributed by atoms with van der Waals surface area (Å²) < 4.78 is 29.5. The van der Waals surface area contributed by atoms with Crippen LogP contribution in [-0.4, -0.2) is 44.6 Å². The zero-order valence-electron chi connectivity index (χ0n) is 12.3. The Balaban J connectivity index is 3.03. The Morgan fingerprint density at radius 1 is 1.32 bits per heavy atom. The van der Waals surface area contributed by atoms with Gasteiger partial charge in [-0.15, -0.1) is 0 Å². The van der Waals surface area contributed by atoms with Crippen LogP contribution in [-0.2, 0) is 19.4 Å². The molecule has 19 heavy (non-hydrogen) atoms. The molecule has 0 aromatic heterocycles. The van der Waals surface area contributed by atoms with Gasteiger partial charge in [0, 0.05) is 6.04 Å². The third-order valence-corrected chi connectivity index (χ3v) is 5.99. The van der Waals surface area contributed by atoms with Crippen LogP contribution in [0.4, 0.5) is 0 Å². The Labute approximate surface area is 116 Å². The highest BCUT2D eigenvalue weighted by atomic mass is 32.2. The van der Waals surface area contributed by atoms with E-state index in [1.54, 1.807) is 0 Å². The van der Waals surface area contributed by atoms with Crippen molar-refractivity contribution in [3.8, 4) is 0 Å². The maximum Gasteiger partial charge on any atom is 0.323 e. The van der Waals surface area contributed by atoms with Crippen LogP contribution in [0.3, 0.4) is 0 Å². The molecule has 0 bridgehead atoms. The molecule has 0 amide bonds. The molecule has 0 saturated carbocycles. The largest absolute Gasteiger partial charge is 0.468 e. The van der Waals surface area contributed by atoms with Crippen LogP contribution in [0.15, 0.2) is 0 Å². The molecule has 1 rings (SSSR count). The van der Waals surface area contributed by atoms with Crippen molar-refractivity contribution in [3.05, 3.63) is 0 Å². The lowest BCUT2D eigenvalue weighted by atomic mass is 9.94. The van der Waals surface area contributed by atoms with Crippen LogP contribution < -0.4 is 5.32 Å². The first-order valence-electron chi connectivity index (χ1n) is 6.74. The van der Waals surface area contributed by atoms with Crippen LogP contribution in [0, 0.1) is 11.8 Å². The molecule has 0 aromatic carbocycles. The van der Waals surface area contributed by atoms with Gasteiger partial charge in [0.05, 0.1) is 18.1 Å². The second-order valence-electron chi connectivity index (χ2n) is 6.02. The fourth-order valence-corrected chi connectivity index (χ4v) is 5.30.